The highest BCUT2D eigenvalue weighted by Gasteiger charge is 2.15. The van der Waals surface area contributed by atoms with Crippen LogP contribution in [0.2, 0.25) is 0 Å². The van der Waals surface area contributed by atoms with Crippen LogP contribution in [0.5, 0.6) is 0 Å². The number of anilines is 1. The molecule has 0 aliphatic heterocycles. The van der Waals surface area contributed by atoms with E-state index in [4.69, 9.17) is 4.55 Å². The minimum Gasteiger partial charge on any atom is -0.269 e. The van der Waals surface area contributed by atoms with Gasteiger partial charge in [-0.1, -0.05) is 22.2 Å². The summed E-state index contributed by atoms with van der Waals surface area (Å²) in [4.78, 5) is 0. The zero-order valence-corrected chi connectivity index (χ0v) is 11.6. The van der Waals surface area contributed by atoms with Crippen LogP contribution in [0.4, 0.5) is 5.69 Å². The highest BCUT2D eigenvalue weighted by atomic mass is 32.2. The molecule has 0 atom stereocenters. The van der Waals surface area contributed by atoms with E-state index in [1.807, 2.05) is 37.4 Å². The molecule has 0 radical (unpaired) electrons. The molecule has 0 fully saturated rings. The van der Waals surface area contributed by atoms with Crippen molar-refractivity contribution in [3.05, 3.63) is 60.4 Å². The topological polar surface area (TPSA) is 73.8 Å². The number of aromatic nitrogens is 1. The Morgan fingerprint density at radius 1 is 1.15 bits per heavy atom. The zero-order valence-electron chi connectivity index (χ0n) is 10.8. The molecule has 0 saturated carbocycles. The molecule has 1 N–H and O–H groups in total. The van der Waals surface area contributed by atoms with Gasteiger partial charge in [-0.3, -0.25) is 5.01 Å². The van der Waals surface area contributed by atoms with Gasteiger partial charge in [0.2, 0.25) is 0 Å². The molecule has 0 spiro atoms. The second kappa shape index (κ2) is 5.81. The van der Waals surface area contributed by atoms with Crippen LogP contribution in [-0.4, -0.2) is 26.2 Å². The van der Waals surface area contributed by atoms with Gasteiger partial charge >= 0.3 is 10.3 Å². The molecule has 0 aliphatic carbocycles. The lowest BCUT2D eigenvalue weighted by Crippen LogP contribution is -2.41. The standard InChI is InChI=1S/C13H13N3O3S/c1-15(13-5-3-2-4-6-13)14-11-12-7-9-16(10-8-12)20(17,18)19/h2-11H,1H3/p+1. The predicted octanol–water partition coefficient (Wildman–Crippen LogP) is 1.10. The van der Waals surface area contributed by atoms with Gasteiger partial charge in [-0.25, -0.2) is 4.55 Å². The van der Waals surface area contributed by atoms with Gasteiger partial charge in [0, 0.05) is 24.7 Å². The summed E-state index contributed by atoms with van der Waals surface area (Å²) in [5, 5.41) is 5.94. The molecule has 0 bridgehead atoms. The van der Waals surface area contributed by atoms with Crippen molar-refractivity contribution in [2.24, 2.45) is 5.10 Å². The Morgan fingerprint density at radius 2 is 1.75 bits per heavy atom. The molecule has 2 rings (SSSR count). The third-order valence-electron chi connectivity index (χ3n) is 2.60. The first kappa shape index (κ1) is 14.2. The van der Waals surface area contributed by atoms with Gasteiger partial charge in [0.25, 0.3) is 0 Å². The van der Waals surface area contributed by atoms with Crippen LogP contribution in [0.25, 0.3) is 0 Å². The fourth-order valence-electron chi connectivity index (χ4n) is 1.53. The first-order chi connectivity index (χ1) is 9.47. The predicted molar refractivity (Wildman–Crippen MR) is 76.0 cm³/mol. The van der Waals surface area contributed by atoms with E-state index in [0.717, 1.165) is 5.69 Å². The minimum atomic E-state index is -4.23. The maximum atomic E-state index is 10.9. The van der Waals surface area contributed by atoms with E-state index < -0.39 is 10.3 Å². The van der Waals surface area contributed by atoms with Gasteiger partial charge in [-0.2, -0.15) is 5.10 Å². The van der Waals surface area contributed by atoms with E-state index in [0.29, 0.717) is 9.54 Å². The van der Waals surface area contributed by atoms with Gasteiger partial charge < -0.3 is 0 Å². The fraction of sp³-hybridized carbons (Fsp3) is 0.0769. The molecular formula is C13H14N3O3S+. The molecule has 0 amide bonds. The summed E-state index contributed by atoms with van der Waals surface area (Å²) in [6, 6.07) is 12.7. The van der Waals surface area contributed by atoms with Crippen molar-refractivity contribution in [2.75, 3.05) is 12.1 Å². The minimum absolute atomic E-state index is 0.714. The molecule has 1 aromatic heterocycles. The lowest BCUT2D eigenvalue weighted by atomic mass is 10.3. The third kappa shape index (κ3) is 3.62. The summed E-state index contributed by atoms with van der Waals surface area (Å²) in [5.74, 6) is 0. The average Bonchev–Trinajstić information content (AvgIpc) is 2.45. The number of hydrogen-bond acceptors (Lipinski definition) is 4. The van der Waals surface area contributed by atoms with Gasteiger partial charge in [-0.15, -0.1) is 8.42 Å². The van der Waals surface area contributed by atoms with E-state index in [9.17, 15) is 8.42 Å². The van der Waals surface area contributed by atoms with Gasteiger partial charge in [0.15, 0.2) is 12.4 Å². The van der Waals surface area contributed by atoms with Crippen molar-refractivity contribution in [1.82, 2.24) is 0 Å². The second-order valence-electron chi connectivity index (χ2n) is 4.04. The van der Waals surface area contributed by atoms with Crippen molar-refractivity contribution in [3.63, 3.8) is 0 Å². The van der Waals surface area contributed by atoms with E-state index in [-0.39, 0.29) is 0 Å². The monoisotopic (exact) mass is 292 g/mol. The first-order valence-electron chi connectivity index (χ1n) is 5.79. The number of nitrogens with zero attached hydrogens (tertiary/aromatic N) is 3. The lowest BCUT2D eigenvalue weighted by Gasteiger charge is -2.11. The number of benzene rings is 1. The quantitative estimate of drug-likeness (QED) is 0.396. The van der Waals surface area contributed by atoms with E-state index in [1.165, 1.54) is 24.5 Å². The summed E-state index contributed by atoms with van der Waals surface area (Å²) in [7, 11) is -2.42. The Hall–Kier alpha value is -2.25. The summed E-state index contributed by atoms with van der Waals surface area (Å²) >= 11 is 0. The van der Waals surface area contributed by atoms with Crippen molar-refractivity contribution in [1.29, 1.82) is 0 Å². The first-order valence-corrected chi connectivity index (χ1v) is 7.18. The van der Waals surface area contributed by atoms with E-state index >= 15 is 0 Å². The number of rotatable bonds is 4. The zero-order chi connectivity index (χ0) is 14.6. The Bertz CT molecular complexity index is 697. The van der Waals surface area contributed by atoms with Crippen LogP contribution in [0.15, 0.2) is 60.0 Å². The molecule has 2 aromatic rings. The van der Waals surface area contributed by atoms with E-state index in [2.05, 4.69) is 5.10 Å². The number of hydrogen-bond donors (Lipinski definition) is 1. The van der Waals surface area contributed by atoms with Crippen LogP contribution in [0.1, 0.15) is 5.56 Å². The Morgan fingerprint density at radius 3 is 2.30 bits per heavy atom. The molecule has 1 aromatic carbocycles. The SMILES string of the molecule is CN(N=Cc1cc[n+](S(=O)(=O)O)cc1)c1ccccc1. The molecular weight excluding hydrogens is 278 g/mol. The molecule has 0 saturated heterocycles. The maximum absolute atomic E-state index is 10.9. The van der Waals surface area contributed by atoms with Crippen LogP contribution in [0.3, 0.4) is 0 Å². The van der Waals surface area contributed by atoms with Crippen molar-refractivity contribution in [3.8, 4) is 0 Å². The molecule has 0 unspecified atom stereocenters. The molecule has 1 heterocycles. The Balaban J connectivity index is 2.12. The number of hydrazone groups is 1. The normalized spacial score (nSPS) is 11.7. The highest BCUT2D eigenvalue weighted by molar-refractivity contribution is 7.79. The lowest BCUT2D eigenvalue weighted by molar-refractivity contribution is -0.519. The molecule has 6 nitrogen and oxygen atoms in total. The van der Waals surface area contributed by atoms with Gasteiger partial charge in [-0.05, 0) is 12.1 Å². The average molecular weight is 292 g/mol. The summed E-state index contributed by atoms with van der Waals surface area (Å²) in [6.07, 6.45) is 4.10. The van der Waals surface area contributed by atoms with Gasteiger partial charge in [0.1, 0.15) is 0 Å². The fourth-order valence-corrected chi connectivity index (χ4v) is 1.96. The molecule has 0 aliphatic rings. The number of pyridine rings is 1. The van der Waals surface area contributed by atoms with Crippen molar-refractivity contribution < 1.29 is 16.9 Å². The van der Waals surface area contributed by atoms with Crippen LogP contribution in [-0.2, 0) is 10.3 Å². The van der Waals surface area contributed by atoms with E-state index in [1.54, 1.807) is 11.2 Å². The molecule has 20 heavy (non-hydrogen) atoms. The maximum Gasteiger partial charge on any atom is 0.511 e. The second-order valence-corrected chi connectivity index (χ2v) is 5.36. The van der Waals surface area contributed by atoms with Crippen LogP contribution in [0, 0.1) is 0 Å². The highest BCUT2D eigenvalue weighted by Crippen LogP contribution is 2.10. The molecule has 7 heteroatoms. The van der Waals surface area contributed by atoms with Gasteiger partial charge in [0.05, 0.1) is 11.9 Å². The largest absolute Gasteiger partial charge is 0.511 e. The molecule has 104 valence electrons. The number of para-hydroxylation sites is 1. The van der Waals surface area contributed by atoms with Crippen LogP contribution >= 0.6 is 0 Å². The summed E-state index contributed by atoms with van der Waals surface area (Å²) < 4.78 is 31.3. The summed E-state index contributed by atoms with van der Waals surface area (Å²) in [5.41, 5.74) is 1.65. The van der Waals surface area contributed by atoms with Crippen molar-refractivity contribution >= 4 is 22.2 Å². The smallest absolute Gasteiger partial charge is 0.269 e. The third-order valence-corrected chi connectivity index (χ3v) is 3.38. The van der Waals surface area contributed by atoms with Crippen molar-refractivity contribution in [2.45, 2.75) is 0 Å². The Labute approximate surface area is 117 Å². The van der Waals surface area contributed by atoms with Crippen LogP contribution < -0.4 is 8.98 Å². The Kier molecular flexibility index (Phi) is 4.11. The summed E-state index contributed by atoms with van der Waals surface area (Å²) in [6.45, 7) is 0.